The van der Waals surface area contributed by atoms with Crippen LogP contribution in [0.25, 0.3) is 0 Å². The second-order valence-electron chi connectivity index (χ2n) is 0.653. The fraction of sp³-hybridized carbons (Fsp3) is 0. The minimum absolute atomic E-state index is 0.966. The summed E-state index contributed by atoms with van der Waals surface area (Å²) in [5.41, 5.74) is 0. The number of rotatable bonds is 0. The van der Waals surface area contributed by atoms with Gasteiger partial charge in [-0.2, -0.15) is 0 Å². The van der Waals surface area contributed by atoms with Gasteiger partial charge >= 0.3 is 0 Å². The van der Waals surface area contributed by atoms with Crippen molar-refractivity contribution in [3.05, 3.63) is 12.5 Å². The average Bonchev–Trinajstić information content (AvgIpc) is 1.72. The third kappa shape index (κ3) is 0.718. The third-order valence-corrected chi connectivity index (χ3v) is 0.665. The van der Waals surface area contributed by atoms with E-state index in [0.29, 0.717) is 0 Å². The van der Waals surface area contributed by atoms with Crippen molar-refractivity contribution in [1.82, 2.24) is 0 Å². The summed E-state index contributed by atoms with van der Waals surface area (Å²) < 4.78 is 7.95. The Morgan fingerprint density at radius 2 is 2.67 bits per heavy atom. The summed E-state index contributed by atoms with van der Waals surface area (Å²) in [6.07, 6.45) is 2.95. The summed E-state index contributed by atoms with van der Waals surface area (Å²) in [5, 5.41) is 3.46. The molecule has 0 aromatic rings. The van der Waals surface area contributed by atoms with Crippen molar-refractivity contribution in [3.63, 3.8) is 0 Å². The first-order chi connectivity index (χ1) is 3.00. The summed E-state index contributed by atoms with van der Waals surface area (Å²) in [6, 6.07) is 0. The highest BCUT2D eigenvalue weighted by molar-refractivity contribution is 7.93. The molecule has 0 aliphatic carbocycles. The summed E-state index contributed by atoms with van der Waals surface area (Å²) in [7, 11) is 0. The maximum atomic E-state index is 4.55. The van der Waals surface area contributed by atoms with Crippen LogP contribution in [0.5, 0.6) is 0 Å². The lowest BCUT2D eigenvalue weighted by Gasteiger charge is -1.88. The van der Waals surface area contributed by atoms with Crippen LogP contribution in [-0.4, -0.2) is 0 Å². The van der Waals surface area contributed by atoms with Crippen molar-refractivity contribution in [2.75, 3.05) is 0 Å². The van der Waals surface area contributed by atoms with Crippen LogP contribution in [0.15, 0.2) is 22.1 Å². The van der Waals surface area contributed by atoms with E-state index in [4.69, 9.17) is 0 Å². The van der Waals surface area contributed by atoms with Gasteiger partial charge in [-0.05, 0) is 0 Å². The summed E-state index contributed by atoms with van der Waals surface area (Å²) >= 11 is 0.966. The molecule has 0 bridgehead atoms. The quantitative estimate of drug-likeness (QED) is 0.343. The van der Waals surface area contributed by atoms with Gasteiger partial charge in [-0.3, -0.25) is 0 Å². The molecule has 3 nitrogen and oxygen atoms in total. The van der Waals surface area contributed by atoms with Gasteiger partial charge in [0.1, 0.15) is 6.26 Å². The highest BCUT2D eigenvalue weighted by Crippen LogP contribution is 2.09. The summed E-state index contributed by atoms with van der Waals surface area (Å²) in [6.45, 7) is 0. The van der Waals surface area contributed by atoms with Crippen LogP contribution in [-0.2, 0) is 4.18 Å². The van der Waals surface area contributed by atoms with E-state index in [0.717, 1.165) is 12.2 Å². The average molecular weight is 102 g/mol. The molecule has 0 spiro atoms. The van der Waals surface area contributed by atoms with Crippen LogP contribution in [0.2, 0.25) is 0 Å². The lowest BCUT2D eigenvalue weighted by atomic mass is 11.0. The van der Waals surface area contributed by atoms with E-state index in [-0.39, 0.29) is 0 Å². The summed E-state index contributed by atoms with van der Waals surface area (Å²) in [5.74, 6) is 0. The molecule has 0 aromatic heterocycles. The highest BCUT2D eigenvalue weighted by Gasteiger charge is 1.80. The van der Waals surface area contributed by atoms with Gasteiger partial charge in [-0.25, -0.2) is 0 Å². The zero-order chi connectivity index (χ0) is 4.24. The molecule has 0 saturated carbocycles. The van der Waals surface area contributed by atoms with Crippen molar-refractivity contribution in [3.8, 4) is 0 Å². The maximum Gasteiger partial charge on any atom is 0.221 e. The van der Waals surface area contributed by atoms with Gasteiger partial charge in [-0.1, -0.05) is 4.52 Å². The Balaban J connectivity index is 2.46. The molecule has 32 valence electrons. The van der Waals surface area contributed by atoms with E-state index in [2.05, 4.69) is 13.8 Å². The van der Waals surface area contributed by atoms with Crippen LogP contribution in [0.1, 0.15) is 0 Å². The van der Waals surface area contributed by atoms with E-state index in [9.17, 15) is 0 Å². The molecule has 1 heterocycles. The van der Waals surface area contributed by atoms with Gasteiger partial charge in [0.25, 0.3) is 0 Å². The first kappa shape index (κ1) is 3.67. The predicted octanol–water partition coefficient (Wildman–Crippen LogP) is 1.50. The molecular formula is C2H2N2OS. The molecule has 0 N–H and O–H groups in total. The van der Waals surface area contributed by atoms with Crippen LogP contribution in [0.3, 0.4) is 0 Å². The first-order valence-corrected chi connectivity index (χ1v) is 2.07. The number of nitrogens with zero attached hydrogens (tertiary/aromatic N) is 2. The molecule has 0 radical (unpaired) electrons. The Bertz CT molecular complexity index is 77.5. The molecule has 0 saturated heterocycles. The number of hydrogen-bond donors (Lipinski definition) is 0. The van der Waals surface area contributed by atoms with Crippen molar-refractivity contribution >= 4 is 12.2 Å². The Kier molecular flexibility index (Phi) is 1.11. The van der Waals surface area contributed by atoms with Gasteiger partial charge < -0.3 is 4.18 Å². The largest absolute Gasteiger partial charge is 0.409 e. The normalized spacial score (nSPS) is 17.3. The predicted molar refractivity (Wildman–Crippen MR) is 22.7 cm³/mol. The van der Waals surface area contributed by atoms with E-state index >= 15 is 0 Å². The Labute approximate surface area is 39.4 Å². The molecule has 0 aromatic carbocycles. The van der Waals surface area contributed by atoms with Crippen LogP contribution >= 0.6 is 12.2 Å². The standard InChI is InChI=1S/C2H2N2OS/c1-2-5-6-4-3-1/h1-2H. The van der Waals surface area contributed by atoms with Gasteiger partial charge in [0, 0.05) is 0 Å². The topological polar surface area (TPSA) is 34.0 Å². The Hall–Kier alpha value is -0.510. The van der Waals surface area contributed by atoms with E-state index < -0.39 is 0 Å². The van der Waals surface area contributed by atoms with E-state index in [1.165, 1.54) is 12.5 Å². The molecule has 0 atom stereocenters. The van der Waals surface area contributed by atoms with Crippen molar-refractivity contribution < 1.29 is 4.18 Å². The first-order valence-electron chi connectivity index (χ1n) is 1.38. The van der Waals surface area contributed by atoms with Crippen molar-refractivity contribution in [2.45, 2.75) is 0 Å². The SMILES string of the molecule is C1=COSN=N1. The molecule has 0 unspecified atom stereocenters. The number of hydrogen-bond acceptors (Lipinski definition) is 4. The van der Waals surface area contributed by atoms with E-state index in [1.54, 1.807) is 0 Å². The van der Waals surface area contributed by atoms with Gasteiger partial charge in [0.2, 0.25) is 12.2 Å². The fourth-order valence-corrected chi connectivity index (χ4v) is 0.373. The van der Waals surface area contributed by atoms with E-state index in [1.807, 2.05) is 0 Å². The lowest BCUT2D eigenvalue weighted by molar-refractivity contribution is 0.556. The third-order valence-electron chi connectivity index (χ3n) is 0.307. The zero-order valence-electron chi connectivity index (χ0n) is 2.87. The smallest absolute Gasteiger partial charge is 0.221 e. The monoisotopic (exact) mass is 102 g/mol. The van der Waals surface area contributed by atoms with Crippen molar-refractivity contribution in [1.29, 1.82) is 0 Å². The van der Waals surface area contributed by atoms with Gasteiger partial charge in [-0.15, -0.1) is 5.11 Å². The van der Waals surface area contributed by atoms with Crippen LogP contribution in [0.4, 0.5) is 0 Å². The van der Waals surface area contributed by atoms with Crippen LogP contribution in [0, 0.1) is 0 Å². The maximum absolute atomic E-state index is 4.55. The van der Waals surface area contributed by atoms with Gasteiger partial charge in [0.05, 0.1) is 6.20 Å². The van der Waals surface area contributed by atoms with Crippen LogP contribution < -0.4 is 0 Å². The highest BCUT2D eigenvalue weighted by atomic mass is 32.2. The second kappa shape index (κ2) is 1.81. The lowest BCUT2D eigenvalue weighted by Crippen LogP contribution is -1.63. The van der Waals surface area contributed by atoms with Gasteiger partial charge in [0.15, 0.2) is 0 Å². The minimum atomic E-state index is 0.966. The Morgan fingerprint density at radius 3 is 2.83 bits per heavy atom. The molecule has 0 amide bonds. The molecule has 0 fully saturated rings. The molecule has 1 rings (SSSR count). The molecule has 6 heavy (non-hydrogen) atoms. The molecule has 1 aliphatic rings. The summed E-state index contributed by atoms with van der Waals surface area (Å²) in [4.78, 5) is 0. The fourth-order valence-electron chi connectivity index (χ4n) is 0.143. The minimum Gasteiger partial charge on any atom is -0.409 e. The molecule has 4 heteroatoms. The second-order valence-corrected chi connectivity index (χ2v) is 1.16. The molecular weight excluding hydrogens is 100 g/mol. The molecule has 1 aliphatic heterocycles. The zero-order valence-corrected chi connectivity index (χ0v) is 3.68. The van der Waals surface area contributed by atoms with Crippen molar-refractivity contribution in [2.24, 2.45) is 9.63 Å². The Morgan fingerprint density at radius 1 is 1.67 bits per heavy atom.